The minimum absolute atomic E-state index is 0.107. The van der Waals surface area contributed by atoms with Crippen LogP contribution in [0.4, 0.5) is 10.8 Å². The molecule has 0 saturated carbocycles. The fourth-order valence-corrected chi connectivity index (χ4v) is 5.60. The number of rotatable bonds is 10. The van der Waals surface area contributed by atoms with Gasteiger partial charge < -0.3 is 16.0 Å². The van der Waals surface area contributed by atoms with Gasteiger partial charge in [-0.15, -0.1) is 23.1 Å². The molecule has 0 unspecified atom stereocenters. The van der Waals surface area contributed by atoms with E-state index in [4.69, 9.17) is 0 Å². The Morgan fingerprint density at radius 3 is 2.35 bits per heavy atom. The fraction of sp³-hybridized carbons (Fsp3) is 0.0588. The molecular formula is C34H28N4O3S2. The number of anilines is 2. The van der Waals surface area contributed by atoms with E-state index in [0.29, 0.717) is 16.4 Å². The average molecular weight is 605 g/mol. The second kappa shape index (κ2) is 14.3. The number of thioether (sulfide) groups is 1. The van der Waals surface area contributed by atoms with Gasteiger partial charge in [-0.3, -0.25) is 14.4 Å². The van der Waals surface area contributed by atoms with Gasteiger partial charge in [0.15, 0.2) is 5.13 Å². The summed E-state index contributed by atoms with van der Waals surface area (Å²) in [5, 5.41) is 10.9. The summed E-state index contributed by atoms with van der Waals surface area (Å²) >= 11 is 2.72. The SMILES string of the molecule is Cc1cccc(/C=C(/NC(=O)c2ccccc2)C(=O)Nc2cccc(SCC(=O)Nc3nc(-c4ccccc4)cs3)c2)c1. The van der Waals surface area contributed by atoms with Crippen molar-refractivity contribution in [1.29, 1.82) is 0 Å². The lowest BCUT2D eigenvalue weighted by Gasteiger charge is -2.12. The van der Waals surface area contributed by atoms with Gasteiger partial charge in [-0.05, 0) is 48.9 Å². The number of nitrogens with zero attached hydrogens (tertiary/aromatic N) is 1. The maximum atomic E-state index is 13.4. The van der Waals surface area contributed by atoms with Crippen molar-refractivity contribution in [2.45, 2.75) is 11.8 Å². The molecule has 4 aromatic carbocycles. The fourth-order valence-electron chi connectivity index (χ4n) is 4.11. The van der Waals surface area contributed by atoms with Crippen molar-refractivity contribution in [1.82, 2.24) is 10.3 Å². The Morgan fingerprint density at radius 2 is 1.58 bits per heavy atom. The van der Waals surface area contributed by atoms with Crippen LogP contribution in [0.2, 0.25) is 0 Å². The Kier molecular flexibility index (Phi) is 9.78. The minimum atomic E-state index is -0.469. The van der Waals surface area contributed by atoms with Crippen LogP contribution in [-0.2, 0) is 9.59 Å². The van der Waals surface area contributed by atoms with Crippen molar-refractivity contribution in [3.05, 3.63) is 137 Å². The average Bonchev–Trinajstić information content (AvgIpc) is 3.49. The molecule has 5 rings (SSSR count). The van der Waals surface area contributed by atoms with E-state index >= 15 is 0 Å². The number of hydrogen-bond donors (Lipinski definition) is 3. The van der Waals surface area contributed by atoms with Crippen LogP contribution in [0.3, 0.4) is 0 Å². The van der Waals surface area contributed by atoms with E-state index in [-0.39, 0.29) is 23.3 Å². The van der Waals surface area contributed by atoms with Crippen LogP contribution in [-0.4, -0.2) is 28.5 Å². The van der Waals surface area contributed by atoms with E-state index in [1.807, 2.05) is 79.0 Å². The van der Waals surface area contributed by atoms with Crippen LogP contribution >= 0.6 is 23.1 Å². The molecule has 1 heterocycles. The molecule has 0 saturated heterocycles. The second-order valence-electron chi connectivity index (χ2n) is 9.52. The van der Waals surface area contributed by atoms with E-state index in [0.717, 1.165) is 27.3 Å². The van der Waals surface area contributed by atoms with Gasteiger partial charge in [-0.25, -0.2) is 4.98 Å². The monoisotopic (exact) mass is 604 g/mol. The molecule has 43 heavy (non-hydrogen) atoms. The highest BCUT2D eigenvalue weighted by Gasteiger charge is 2.16. The minimum Gasteiger partial charge on any atom is -0.321 e. The standard InChI is InChI=1S/C34H28N4O3S2/c1-23-10-8-11-24(18-23)19-29(36-32(40)26-14-6-3-7-15-26)33(41)35-27-16-9-17-28(20-27)42-22-31(39)38-34-37-30(21-43-34)25-12-4-2-5-13-25/h2-21H,22H2,1H3,(H,35,41)(H,36,40)(H,37,38,39)/b29-19+. The molecule has 0 aliphatic heterocycles. The van der Waals surface area contributed by atoms with Crippen molar-refractivity contribution < 1.29 is 14.4 Å². The first-order valence-corrected chi connectivity index (χ1v) is 15.3. The van der Waals surface area contributed by atoms with Gasteiger partial charge >= 0.3 is 0 Å². The summed E-state index contributed by atoms with van der Waals surface area (Å²) in [6.07, 6.45) is 1.65. The van der Waals surface area contributed by atoms with Crippen LogP contribution in [0.25, 0.3) is 17.3 Å². The summed E-state index contributed by atoms with van der Waals surface area (Å²) in [6.45, 7) is 1.96. The predicted octanol–water partition coefficient (Wildman–Crippen LogP) is 7.26. The van der Waals surface area contributed by atoms with Crippen LogP contribution in [0, 0.1) is 6.92 Å². The van der Waals surface area contributed by atoms with E-state index in [9.17, 15) is 14.4 Å². The molecule has 3 amide bonds. The molecule has 5 aromatic rings. The lowest BCUT2D eigenvalue weighted by molar-refractivity contribution is -0.114. The van der Waals surface area contributed by atoms with Crippen LogP contribution in [0.15, 0.2) is 125 Å². The molecule has 0 aliphatic rings. The Labute approximate surface area is 258 Å². The maximum absolute atomic E-state index is 13.4. The molecule has 7 nitrogen and oxygen atoms in total. The molecule has 214 valence electrons. The van der Waals surface area contributed by atoms with Crippen molar-refractivity contribution >= 4 is 57.7 Å². The zero-order valence-corrected chi connectivity index (χ0v) is 24.9. The molecule has 0 spiro atoms. The summed E-state index contributed by atoms with van der Waals surface area (Å²) in [5.41, 5.74) is 4.70. The lowest BCUT2D eigenvalue weighted by Crippen LogP contribution is -2.30. The third kappa shape index (κ3) is 8.51. The summed E-state index contributed by atoms with van der Waals surface area (Å²) in [5.74, 6) is -0.867. The quantitative estimate of drug-likeness (QED) is 0.115. The number of nitrogens with one attached hydrogen (secondary N) is 3. The molecule has 9 heteroatoms. The van der Waals surface area contributed by atoms with Gasteiger partial charge in [0.2, 0.25) is 5.91 Å². The third-order valence-corrected chi connectivity index (χ3v) is 7.92. The van der Waals surface area contributed by atoms with Crippen molar-refractivity contribution in [3.63, 3.8) is 0 Å². The third-order valence-electron chi connectivity index (χ3n) is 6.16. The van der Waals surface area contributed by atoms with E-state index in [2.05, 4.69) is 20.9 Å². The molecule has 0 atom stereocenters. The zero-order valence-electron chi connectivity index (χ0n) is 23.2. The van der Waals surface area contributed by atoms with Crippen molar-refractivity contribution in [3.8, 4) is 11.3 Å². The van der Waals surface area contributed by atoms with Crippen LogP contribution in [0.5, 0.6) is 0 Å². The lowest BCUT2D eigenvalue weighted by atomic mass is 10.1. The van der Waals surface area contributed by atoms with E-state index in [1.54, 1.807) is 48.5 Å². The number of carbonyl (C=O) groups is 3. The maximum Gasteiger partial charge on any atom is 0.272 e. The van der Waals surface area contributed by atoms with Gasteiger partial charge in [0.05, 0.1) is 11.4 Å². The number of hydrogen-bond acceptors (Lipinski definition) is 6. The summed E-state index contributed by atoms with van der Waals surface area (Å²) in [4.78, 5) is 44.2. The Bertz CT molecular complexity index is 1770. The second-order valence-corrected chi connectivity index (χ2v) is 11.4. The van der Waals surface area contributed by atoms with Gasteiger partial charge in [-0.2, -0.15) is 0 Å². The first-order chi connectivity index (χ1) is 20.9. The van der Waals surface area contributed by atoms with E-state index in [1.165, 1.54) is 23.1 Å². The van der Waals surface area contributed by atoms with Crippen molar-refractivity contribution in [2.75, 3.05) is 16.4 Å². The molecule has 3 N–H and O–H groups in total. The molecule has 0 aliphatic carbocycles. The smallest absolute Gasteiger partial charge is 0.272 e. The highest BCUT2D eigenvalue weighted by Crippen LogP contribution is 2.26. The van der Waals surface area contributed by atoms with Gasteiger partial charge in [-0.1, -0.05) is 84.4 Å². The largest absolute Gasteiger partial charge is 0.321 e. The number of aromatic nitrogens is 1. The number of benzene rings is 4. The first kappa shape index (κ1) is 29.5. The first-order valence-electron chi connectivity index (χ1n) is 13.4. The van der Waals surface area contributed by atoms with Gasteiger partial charge in [0, 0.05) is 27.1 Å². The molecule has 0 fully saturated rings. The molecule has 0 radical (unpaired) electrons. The number of thiazole rings is 1. The molecule has 1 aromatic heterocycles. The normalized spacial score (nSPS) is 11.0. The molecule has 0 bridgehead atoms. The Morgan fingerprint density at radius 1 is 0.837 bits per heavy atom. The van der Waals surface area contributed by atoms with Gasteiger partial charge in [0.25, 0.3) is 11.8 Å². The number of amides is 3. The summed E-state index contributed by atoms with van der Waals surface area (Å²) < 4.78 is 0. The summed E-state index contributed by atoms with van der Waals surface area (Å²) in [6, 6.07) is 33.4. The van der Waals surface area contributed by atoms with Crippen LogP contribution < -0.4 is 16.0 Å². The topological polar surface area (TPSA) is 100 Å². The molecular weight excluding hydrogens is 577 g/mol. The van der Waals surface area contributed by atoms with E-state index < -0.39 is 5.91 Å². The van der Waals surface area contributed by atoms with Crippen LogP contribution in [0.1, 0.15) is 21.5 Å². The summed E-state index contributed by atoms with van der Waals surface area (Å²) in [7, 11) is 0. The highest BCUT2D eigenvalue weighted by molar-refractivity contribution is 8.00. The Balaban J connectivity index is 1.23. The van der Waals surface area contributed by atoms with Gasteiger partial charge in [0.1, 0.15) is 5.70 Å². The number of aryl methyl sites for hydroxylation is 1. The number of carbonyl (C=O) groups excluding carboxylic acids is 3. The predicted molar refractivity (Wildman–Crippen MR) is 175 cm³/mol. The highest BCUT2D eigenvalue weighted by atomic mass is 32.2. The van der Waals surface area contributed by atoms with Crippen molar-refractivity contribution in [2.24, 2.45) is 0 Å². The zero-order chi connectivity index (χ0) is 30.0. The Hall–Kier alpha value is -4.99.